The van der Waals surface area contributed by atoms with E-state index in [0.29, 0.717) is 66.9 Å². The van der Waals surface area contributed by atoms with Gasteiger partial charge in [-0.25, -0.2) is 4.90 Å². The van der Waals surface area contributed by atoms with Gasteiger partial charge in [0.2, 0.25) is 0 Å². The van der Waals surface area contributed by atoms with Gasteiger partial charge in [-0.1, -0.05) is 18.2 Å². The number of benzene rings is 2. The first-order valence-electron chi connectivity index (χ1n) is 10.8. The van der Waals surface area contributed by atoms with E-state index in [1.165, 1.54) is 4.90 Å². The molecule has 2 aromatic carbocycles. The number of hydrogen-bond donors (Lipinski definition) is 0. The van der Waals surface area contributed by atoms with Crippen LogP contribution in [0, 0.1) is 0 Å². The fourth-order valence-electron chi connectivity index (χ4n) is 3.68. The molecule has 2 amide bonds. The Hall–Kier alpha value is -3.36. The zero-order valence-corrected chi connectivity index (χ0v) is 19.5. The minimum Gasteiger partial charge on any atom is -0.497 e. The molecule has 0 atom stereocenters. The summed E-state index contributed by atoms with van der Waals surface area (Å²) < 4.78 is 21.3. The first-order chi connectivity index (χ1) is 16.0. The summed E-state index contributed by atoms with van der Waals surface area (Å²) in [5.74, 6) is 0.459. The Balaban J connectivity index is 2.10. The van der Waals surface area contributed by atoms with Crippen LogP contribution in [0.2, 0.25) is 0 Å². The number of ether oxygens (including phenoxy) is 4. The largest absolute Gasteiger partial charge is 0.497 e. The van der Waals surface area contributed by atoms with Gasteiger partial charge < -0.3 is 23.8 Å². The Labute approximate surface area is 194 Å². The van der Waals surface area contributed by atoms with E-state index in [-0.39, 0.29) is 0 Å². The molecular formula is C25H30N2O6. The molecule has 8 heteroatoms. The lowest BCUT2D eigenvalue weighted by atomic mass is 10.0. The topological polar surface area (TPSA) is 77.5 Å². The van der Waals surface area contributed by atoms with Crippen molar-refractivity contribution in [1.29, 1.82) is 0 Å². The molecule has 0 radical (unpaired) electrons. The lowest BCUT2D eigenvalue weighted by molar-refractivity contribution is -0.120. The van der Waals surface area contributed by atoms with Crippen LogP contribution in [0.3, 0.4) is 0 Å². The Morgan fingerprint density at radius 1 is 0.848 bits per heavy atom. The van der Waals surface area contributed by atoms with Crippen LogP contribution >= 0.6 is 0 Å². The van der Waals surface area contributed by atoms with E-state index < -0.39 is 11.8 Å². The Kier molecular flexibility index (Phi) is 8.46. The van der Waals surface area contributed by atoms with Crippen molar-refractivity contribution >= 4 is 23.1 Å². The van der Waals surface area contributed by atoms with Crippen molar-refractivity contribution in [2.45, 2.75) is 6.92 Å². The Bertz CT molecular complexity index is 994. The number of imide groups is 1. The number of hydrogen-bond acceptors (Lipinski definition) is 7. The normalized spacial score (nSPS) is 13.6. The molecule has 0 saturated heterocycles. The maximum absolute atomic E-state index is 13.7. The maximum Gasteiger partial charge on any atom is 0.282 e. The number of amides is 2. The fraction of sp³-hybridized carbons (Fsp3) is 0.360. The second kappa shape index (κ2) is 11.5. The Morgan fingerprint density at radius 2 is 1.52 bits per heavy atom. The highest BCUT2D eigenvalue weighted by atomic mass is 16.5. The van der Waals surface area contributed by atoms with Gasteiger partial charge in [-0.3, -0.25) is 9.59 Å². The number of anilines is 1. The average molecular weight is 455 g/mol. The van der Waals surface area contributed by atoms with Crippen molar-refractivity contribution in [1.82, 2.24) is 4.90 Å². The van der Waals surface area contributed by atoms with E-state index in [1.54, 1.807) is 69.9 Å². The van der Waals surface area contributed by atoms with Crippen LogP contribution < -0.4 is 14.4 Å². The molecule has 2 aromatic rings. The summed E-state index contributed by atoms with van der Waals surface area (Å²) in [6.45, 7) is 4.01. The molecule has 33 heavy (non-hydrogen) atoms. The molecule has 0 bridgehead atoms. The first kappa shape index (κ1) is 24.3. The van der Waals surface area contributed by atoms with Gasteiger partial charge in [-0.05, 0) is 36.8 Å². The van der Waals surface area contributed by atoms with Crippen LogP contribution in [0.25, 0.3) is 5.57 Å². The van der Waals surface area contributed by atoms with E-state index in [2.05, 4.69) is 0 Å². The van der Waals surface area contributed by atoms with Gasteiger partial charge in [-0.15, -0.1) is 0 Å². The molecule has 0 unspecified atom stereocenters. The van der Waals surface area contributed by atoms with Gasteiger partial charge in [0, 0.05) is 33.4 Å². The summed E-state index contributed by atoms with van der Waals surface area (Å²) in [4.78, 5) is 30.5. The minimum atomic E-state index is -0.397. The lowest BCUT2D eigenvalue weighted by Gasteiger charge is -2.25. The predicted molar refractivity (Wildman–Crippen MR) is 125 cm³/mol. The standard InChI is InChI=1S/C25H30N2O6/c1-5-33-21-8-6-7-19(17-21)27-24(28)22(18-9-11-20(32-4)12-10-18)23(25(27)29)26(13-15-30-2)14-16-31-3/h6-12,17H,5,13-16H2,1-4H3. The van der Waals surface area contributed by atoms with Crippen LogP contribution in [0.5, 0.6) is 11.5 Å². The molecule has 176 valence electrons. The van der Waals surface area contributed by atoms with Crippen LogP contribution in [0.4, 0.5) is 5.69 Å². The zero-order chi connectivity index (χ0) is 23.8. The number of nitrogens with zero attached hydrogens (tertiary/aromatic N) is 2. The van der Waals surface area contributed by atoms with E-state index in [9.17, 15) is 9.59 Å². The summed E-state index contributed by atoms with van der Waals surface area (Å²) in [5, 5.41) is 0. The lowest BCUT2D eigenvalue weighted by Crippen LogP contribution is -2.37. The summed E-state index contributed by atoms with van der Waals surface area (Å²) >= 11 is 0. The summed E-state index contributed by atoms with van der Waals surface area (Å²) in [7, 11) is 4.77. The molecule has 3 rings (SSSR count). The van der Waals surface area contributed by atoms with Gasteiger partial charge in [0.25, 0.3) is 11.8 Å². The van der Waals surface area contributed by atoms with Crippen molar-refractivity contribution in [2.24, 2.45) is 0 Å². The van der Waals surface area contributed by atoms with E-state index >= 15 is 0 Å². The molecule has 0 spiro atoms. The zero-order valence-electron chi connectivity index (χ0n) is 19.5. The SMILES string of the molecule is CCOc1cccc(N2C(=O)C(c3ccc(OC)cc3)=C(N(CCOC)CCOC)C2=O)c1. The van der Waals surface area contributed by atoms with Gasteiger partial charge >= 0.3 is 0 Å². The highest BCUT2D eigenvalue weighted by molar-refractivity contribution is 6.45. The molecule has 0 aromatic heterocycles. The quantitative estimate of drug-likeness (QED) is 0.456. The third kappa shape index (κ3) is 5.35. The Morgan fingerprint density at radius 3 is 2.09 bits per heavy atom. The van der Waals surface area contributed by atoms with E-state index in [1.807, 2.05) is 11.8 Å². The second-order valence-corrected chi connectivity index (χ2v) is 7.30. The molecular weight excluding hydrogens is 424 g/mol. The molecule has 1 aliphatic rings. The van der Waals surface area contributed by atoms with Crippen molar-refractivity contribution in [3.8, 4) is 11.5 Å². The van der Waals surface area contributed by atoms with Gasteiger partial charge in [0.15, 0.2) is 0 Å². The molecule has 1 aliphatic heterocycles. The second-order valence-electron chi connectivity index (χ2n) is 7.30. The predicted octanol–water partition coefficient (Wildman–Crippen LogP) is 2.97. The van der Waals surface area contributed by atoms with Crippen molar-refractivity contribution in [3.05, 3.63) is 59.8 Å². The van der Waals surface area contributed by atoms with Crippen LogP contribution in [-0.2, 0) is 19.1 Å². The van der Waals surface area contributed by atoms with Gasteiger partial charge in [-0.2, -0.15) is 0 Å². The summed E-state index contributed by atoms with van der Waals surface area (Å²) in [5.41, 5.74) is 1.74. The molecule has 0 fully saturated rings. The highest BCUT2D eigenvalue weighted by Crippen LogP contribution is 2.36. The third-order valence-electron chi connectivity index (χ3n) is 5.27. The van der Waals surface area contributed by atoms with Crippen molar-refractivity contribution < 1.29 is 28.5 Å². The van der Waals surface area contributed by atoms with Gasteiger partial charge in [0.05, 0.1) is 38.2 Å². The van der Waals surface area contributed by atoms with E-state index in [0.717, 1.165) is 0 Å². The summed E-state index contributed by atoms with van der Waals surface area (Å²) in [6, 6.07) is 14.1. The highest BCUT2D eigenvalue weighted by Gasteiger charge is 2.42. The number of methoxy groups -OCH3 is 3. The fourth-order valence-corrected chi connectivity index (χ4v) is 3.68. The molecule has 0 saturated carbocycles. The smallest absolute Gasteiger partial charge is 0.282 e. The maximum atomic E-state index is 13.7. The number of carbonyl (C=O) groups is 2. The molecule has 0 N–H and O–H groups in total. The monoisotopic (exact) mass is 454 g/mol. The first-order valence-corrected chi connectivity index (χ1v) is 10.8. The molecule has 1 heterocycles. The van der Waals surface area contributed by atoms with Crippen molar-refractivity contribution in [3.63, 3.8) is 0 Å². The molecule has 0 aliphatic carbocycles. The third-order valence-corrected chi connectivity index (χ3v) is 5.27. The van der Waals surface area contributed by atoms with Crippen LogP contribution in [-0.4, -0.2) is 71.0 Å². The van der Waals surface area contributed by atoms with E-state index in [4.69, 9.17) is 18.9 Å². The van der Waals surface area contributed by atoms with Gasteiger partial charge in [0.1, 0.15) is 17.2 Å². The average Bonchev–Trinajstić information content (AvgIpc) is 3.09. The molecule has 8 nitrogen and oxygen atoms in total. The van der Waals surface area contributed by atoms with Crippen LogP contribution in [0.15, 0.2) is 54.2 Å². The summed E-state index contributed by atoms with van der Waals surface area (Å²) in [6.07, 6.45) is 0. The van der Waals surface area contributed by atoms with Crippen LogP contribution in [0.1, 0.15) is 12.5 Å². The number of rotatable bonds is 12. The number of carbonyl (C=O) groups excluding carboxylic acids is 2. The van der Waals surface area contributed by atoms with Crippen molar-refractivity contribution in [2.75, 3.05) is 59.1 Å². The minimum absolute atomic E-state index is 0.320.